The molecule has 15 heavy (non-hydrogen) atoms. The van der Waals surface area contributed by atoms with Gasteiger partial charge in [0.2, 0.25) is 0 Å². The van der Waals surface area contributed by atoms with Gasteiger partial charge < -0.3 is 0 Å². The second-order valence-electron chi connectivity index (χ2n) is 3.22. The van der Waals surface area contributed by atoms with Crippen LogP contribution in [0.3, 0.4) is 0 Å². The first kappa shape index (κ1) is 10.6. The number of thiazole rings is 1. The number of hydrogen-bond acceptors (Lipinski definition) is 4. The van der Waals surface area contributed by atoms with Gasteiger partial charge in [0.15, 0.2) is 0 Å². The smallest absolute Gasteiger partial charge is 0.0974 e. The SMILES string of the molecule is Cc1ncsc1CCn1cc(CCl)nn1. The first-order valence-corrected chi connectivity index (χ1v) is 6.05. The van der Waals surface area contributed by atoms with E-state index < -0.39 is 0 Å². The summed E-state index contributed by atoms with van der Waals surface area (Å²) in [5.74, 6) is 0.416. The van der Waals surface area contributed by atoms with E-state index in [1.807, 2.05) is 23.3 Å². The van der Waals surface area contributed by atoms with Gasteiger partial charge in [-0.15, -0.1) is 28.0 Å². The normalized spacial score (nSPS) is 10.8. The Kier molecular flexibility index (Phi) is 3.33. The van der Waals surface area contributed by atoms with Gasteiger partial charge in [0.25, 0.3) is 0 Å². The third kappa shape index (κ3) is 2.54. The van der Waals surface area contributed by atoms with Gasteiger partial charge in [-0.25, -0.2) is 4.98 Å². The topological polar surface area (TPSA) is 43.6 Å². The molecule has 0 saturated carbocycles. The van der Waals surface area contributed by atoms with Gasteiger partial charge in [-0.3, -0.25) is 4.68 Å². The van der Waals surface area contributed by atoms with E-state index in [9.17, 15) is 0 Å². The average Bonchev–Trinajstić information content (AvgIpc) is 2.84. The molecule has 2 aromatic heterocycles. The Morgan fingerprint density at radius 1 is 1.53 bits per heavy atom. The lowest BCUT2D eigenvalue weighted by Gasteiger charge is -1.98. The van der Waals surface area contributed by atoms with Gasteiger partial charge in [-0.2, -0.15) is 0 Å². The van der Waals surface area contributed by atoms with Crippen LogP contribution in [0.4, 0.5) is 0 Å². The third-order valence-corrected chi connectivity index (χ3v) is 3.40. The summed E-state index contributed by atoms with van der Waals surface area (Å²) >= 11 is 7.32. The van der Waals surface area contributed by atoms with Crippen molar-refractivity contribution < 1.29 is 0 Å². The lowest BCUT2D eigenvalue weighted by Crippen LogP contribution is -2.01. The molecule has 0 aliphatic carbocycles. The summed E-state index contributed by atoms with van der Waals surface area (Å²) in [6, 6.07) is 0. The first-order chi connectivity index (χ1) is 7.29. The highest BCUT2D eigenvalue weighted by molar-refractivity contribution is 7.09. The summed E-state index contributed by atoms with van der Waals surface area (Å²) in [6.07, 6.45) is 2.82. The summed E-state index contributed by atoms with van der Waals surface area (Å²) in [5, 5.41) is 7.91. The van der Waals surface area contributed by atoms with Gasteiger partial charge in [0.05, 0.1) is 22.8 Å². The number of rotatable bonds is 4. The highest BCUT2D eigenvalue weighted by Crippen LogP contribution is 2.13. The fourth-order valence-corrected chi connectivity index (χ4v) is 2.18. The quantitative estimate of drug-likeness (QED) is 0.771. The van der Waals surface area contributed by atoms with E-state index in [4.69, 9.17) is 11.6 Å². The molecule has 6 heteroatoms. The number of nitrogens with zero attached hydrogens (tertiary/aromatic N) is 4. The summed E-state index contributed by atoms with van der Waals surface area (Å²) in [7, 11) is 0. The Hall–Kier alpha value is -0.940. The molecule has 0 amide bonds. The molecule has 0 spiro atoms. The molecule has 0 radical (unpaired) electrons. The van der Waals surface area contributed by atoms with E-state index in [1.165, 1.54) is 4.88 Å². The molecular formula is C9H11ClN4S. The van der Waals surface area contributed by atoms with E-state index in [0.29, 0.717) is 5.88 Å². The number of aromatic nitrogens is 4. The van der Waals surface area contributed by atoms with Crippen molar-refractivity contribution in [1.29, 1.82) is 0 Å². The standard InChI is InChI=1S/C9H11ClN4S/c1-7-9(15-6-11-7)2-3-14-5-8(4-10)12-13-14/h5-6H,2-4H2,1H3. The van der Waals surface area contributed by atoms with E-state index >= 15 is 0 Å². The number of aryl methyl sites for hydroxylation is 3. The molecule has 2 rings (SSSR count). The Bertz CT molecular complexity index is 437. The maximum absolute atomic E-state index is 5.64. The van der Waals surface area contributed by atoms with E-state index in [2.05, 4.69) is 15.3 Å². The summed E-state index contributed by atoms with van der Waals surface area (Å²) in [6.45, 7) is 2.85. The highest BCUT2D eigenvalue weighted by Gasteiger charge is 2.03. The molecule has 0 aromatic carbocycles. The highest BCUT2D eigenvalue weighted by atomic mass is 35.5. The maximum atomic E-state index is 5.64. The van der Waals surface area contributed by atoms with E-state index in [0.717, 1.165) is 24.4 Å². The minimum absolute atomic E-state index is 0.416. The fraction of sp³-hybridized carbons (Fsp3) is 0.444. The van der Waals surface area contributed by atoms with Crippen LogP contribution in [-0.2, 0) is 18.8 Å². The van der Waals surface area contributed by atoms with Crippen molar-refractivity contribution in [3.05, 3.63) is 28.0 Å². The molecule has 4 nitrogen and oxygen atoms in total. The van der Waals surface area contributed by atoms with Crippen molar-refractivity contribution in [3.8, 4) is 0 Å². The molecule has 0 unspecified atom stereocenters. The molecule has 0 saturated heterocycles. The zero-order valence-electron chi connectivity index (χ0n) is 8.35. The maximum Gasteiger partial charge on any atom is 0.0974 e. The number of alkyl halides is 1. The predicted molar refractivity (Wildman–Crippen MR) is 60.1 cm³/mol. The van der Waals surface area contributed by atoms with Crippen LogP contribution in [-0.4, -0.2) is 20.0 Å². The van der Waals surface area contributed by atoms with Gasteiger partial charge >= 0.3 is 0 Å². The van der Waals surface area contributed by atoms with Crippen LogP contribution in [0.1, 0.15) is 16.3 Å². The Balaban J connectivity index is 1.96. The predicted octanol–water partition coefficient (Wildman–Crippen LogP) is 2.02. The van der Waals surface area contributed by atoms with E-state index in [1.54, 1.807) is 11.3 Å². The largest absolute Gasteiger partial charge is 0.252 e. The van der Waals surface area contributed by atoms with Gasteiger partial charge in [-0.05, 0) is 6.92 Å². The molecule has 80 valence electrons. The molecule has 0 aliphatic heterocycles. The van der Waals surface area contributed by atoms with Crippen LogP contribution >= 0.6 is 22.9 Å². The Morgan fingerprint density at radius 3 is 3.00 bits per heavy atom. The van der Waals surface area contributed by atoms with Crippen molar-refractivity contribution >= 4 is 22.9 Å². The van der Waals surface area contributed by atoms with Crippen molar-refractivity contribution in [2.45, 2.75) is 25.8 Å². The molecule has 2 heterocycles. The molecular weight excluding hydrogens is 232 g/mol. The minimum Gasteiger partial charge on any atom is -0.252 e. The molecule has 0 atom stereocenters. The van der Waals surface area contributed by atoms with Crippen LogP contribution < -0.4 is 0 Å². The molecule has 2 aromatic rings. The first-order valence-electron chi connectivity index (χ1n) is 4.63. The van der Waals surface area contributed by atoms with Crippen LogP contribution in [0, 0.1) is 6.92 Å². The van der Waals surface area contributed by atoms with E-state index in [-0.39, 0.29) is 0 Å². The third-order valence-electron chi connectivity index (χ3n) is 2.14. The van der Waals surface area contributed by atoms with Crippen molar-refractivity contribution in [2.24, 2.45) is 0 Å². The lowest BCUT2D eigenvalue weighted by molar-refractivity contribution is 0.591. The molecule has 0 fully saturated rings. The second-order valence-corrected chi connectivity index (χ2v) is 4.42. The summed E-state index contributed by atoms with van der Waals surface area (Å²) in [5.41, 5.74) is 3.80. The summed E-state index contributed by atoms with van der Waals surface area (Å²) < 4.78 is 1.82. The van der Waals surface area contributed by atoms with Gasteiger partial charge in [0, 0.05) is 24.0 Å². The number of halogens is 1. The second kappa shape index (κ2) is 4.72. The fourth-order valence-electron chi connectivity index (χ4n) is 1.29. The Morgan fingerprint density at radius 2 is 2.40 bits per heavy atom. The molecule has 0 aliphatic rings. The van der Waals surface area contributed by atoms with Crippen molar-refractivity contribution in [2.75, 3.05) is 0 Å². The zero-order valence-corrected chi connectivity index (χ0v) is 9.92. The zero-order chi connectivity index (χ0) is 10.7. The lowest BCUT2D eigenvalue weighted by atomic mass is 10.3. The van der Waals surface area contributed by atoms with Crippen molar-refractivity contribution in [3.63, 3.8) is 0 Å². The average molecular weight is 243 g/mol. The molecule has 0 N–H and O–H groups in total. The molecule has 0 bridgehead atoms. The Labute approximate surface area is 96.9 Å². The number of hydrogen-bond donors (Lipinski definition) is 0. The van der Waals surface area contributed by atoms with Gasteiger partial charge in [-0.1, -0.05) is 5.21 Å². The van der Waals surface area contributed by atoms with Crippen LogP contribution in [0.5, 0.6) is 0 Å². The van der Waals surface area contributed by atoms with Crippen LogP contribution in [0.2, 0.25) is 0 Å². The van der Waals surface area contributed by atoms with Crippen molar-refractivity contribution in [1.82, 2.24) is 20.0 Å². The summed E-state index contributed by atoms with van der Waals surface area (Å²) in [4.78, 5) is 5.51. The van der Waals surface area contributed by atoms with Crippen LogP contribution in [0.15, 0.2) is 11.7 Å². The van der Waals surface area contributed by atoms with Gasteiger partial charge in [0.1, 0.15) is 0 Å². The monoisotopic (exact) mass is 242 g/mol. The van der Waals surface area contributed by atoms with Crippen LogP contribution in [0.25, 0.3) is 0 Å². The minimum atomic E-state index is 0.416.